The van der Waals surface area contributed by atoms with Crippen molar-refractivity contribution in [1.82, 2.24) is 4.98 Å². The molecule has 0 fully saturated rings. The summed E-state index contributed by atoms with van der Waals surface area (Å²) < 4.78 is 11.5. The van der Waals surface area contributed by atoms with Crippen LogP contribution in [0.5, 0.6) is 11.5 Å². The molecule has 1 atom stereocenters. The molecule has 3 rings (SSSR count). The van der Waals surface area contributed by atoms with Gasteiger partial charge in [-0.2, -0.15) is 0 Å². The van der Waals surface area contributed by atoms with Crippen molar-refractivity contribution in [3.63, 3.8) is 0 Å². The summed E-state index contributed by atoms with van der Waals surface area (Å²) in [5.74, 6) is 1.61. The zero-order chi connectivity index (χ0) is 20.2. The molecule has 0 aliphatic carbocycles. The largest absolute Gasteiger partial charge is 0.490 e. The molecule has 1 aromatic heterocycles. The number of aromatic nitrogens is 1. The van der Waals surface area contributed by atoms with Crippen LogP contribution in [0.15, 0.2) is 73.1 Å². The molecule has 4 nitrogen and oxygen atoms in total. The maximum Gasteiger partial charge on any atom is 0.137 e. The molecule has 0 saturated heterocycles. The lowest BCUT2D eigenvalue weighted by atomic mass is 10.1. The van der Waals surface area contributed by atoms with Crippen LogP contribution >= 0.6 is 0 Å². The Labute approximate surface area is 168 Å². The SMILES string of the molecule is CC.Cc1cncc(OCC(N)Cc2ccc(OCc3ccccc3)cc2)c1. The second-order valence-corrected chi connectivity index (χ2v) is 6.39. The van der Waals surface area contributed by atoms with Gasteiger partial charge in [0, 0.05) is 12.2 Å². The third-order valence-electron chi connectivity index (χ3n) is 3.98. The van der Waals surface area contributed by atoms with Crippen molar-refractivity contribution in [1.29, 1.82) is 0 Å². The first kappa shape index (κ1) is 21.5. The van der Waals surface area contributed by atoms with Crippen LogP contribution in [-0.4, -0.2) is 17.6 Å². The Kier molecular flexibility index (Phi) is 9.02. The van der Waals surface area contributed by atoms with Crippen molar-refractivity contribution in [2.75, 3.05) is 6.61 Å². The predicted molar refractivity (Wildman–Crippen MR) is 115 cm³/mol. The van der Waals surface area contributed by atoms with Crippen LogP contribution in [0.1, 0.15) is 30.5 Å². The Morgan fingerprint density at radius 3 is 2.25 bits per heavy atom. The highest BCUT2D eigenvalue weighted by Crippen LogP contribution is 2.16. The highest BCUT2D eigenvalue weighted by molar-refractivity contribution is 5.28. The van der Waals surface area contributed by atoms with E-state index in [2.05, 4.69) is 29.2 Å². The van der Waals surface area contributed by atoms with E-state index in [1.807, 2.05) is 57.2 Å². The minimum absolute atomic E-state index is 0.0772. The van der Waals surface area contributed by atoms with Crippen molar-refractivity contribution >= 4 is 0 Å². The van der Waals surface area contributed by atoms with Crippen LogP contribution in [0.3, 0.4) is 0 Å². The number of hydrogen-bond donors (Lipinski definition) is 1. The fourth-order valence-corrected chi connectivity index (χ4v) is 2.63. The lowest BCUT2D eigenvalue weighted by Crippen LogP contribution is -2.30. The van der Waals surface area contributed by atoms with Crippen LogP contribution in [-0.2, 0) is 13.0 Å². The first-order chi connectivity index (χ1) is 13.7. The normalized spacial score (nSPS) is 11.1. The van der Waals surface area contributed by atoms with Gasteiger partial charge >= 0.3 is 0 Å². The number of pyridine rings is 1. The van der Waals surface area contributed by atoms with Crippen molar-refractivity contribution in [3.05, 3.63) is 89.7 Å². The van der Waals surface area contributed by atoms with Crippen LogP contribution in [0.4, 0.5) is 0 Å². The highest BCUT2D eigenvalue weighted by atomic mass is 16.5. The highest BCUT2D eigenvalue weighted by Gasteiger charge is 2.06. The third-order valence-corrected chi connectivity index (χ3v) is 3.98. The Morgan fingerprint density at radius 2 is 1.57 bits per heavy atom. The molecule has 2 N–H and O–H groups in total. The van der Waals surface area contributed by atoms with E-state index < -0.39 is 0 Å². The van der Waals surface area contributed by atoms with Crippen LogP contribution in [0.2, 0.25) is 0 Å². The van der Waals surface area contributed by atoms with E-state index in [1.54, 1.807) is 12.4 Å². The number of ether oxygens (including phenoxy) is 2. The summed E-state index contributed by atoms with van der Waals surface area (Å²) in [7, 11) is 0. The molecule has 148 valence electrons. The van der Waals surface area contributed by atoms with Gasteiger partial charge in [0.25, 0.3) is 0 Å². The lowest BCUT2D eigenvalue weighted by molar-refractivity contribution is 0.286. The molecule has 4 heteroatoms. The summed E-state index contributed by atoms with van der Waals surface area (Å²) in [6.45, 7) is 7.01. The topological polar surface area (TPSA) is 57.4 Å². The van der Waals surface area contributed by atoms with E-state index in [9.17, 15) is 0 Å². The first-order valence-corrected chi connectivity index (χ1v) is 9.75. The van der Waals surface area contributed by atoms with Crippen LogP contribution in [0, 0.1) is 6.92 Å². The van der Waals surface area contributed by atoms with Gasteiger partial charge in [-0.3, -0.25) is 4.98 Å². The van der Waals surface area contributed by atoms with Gasteiger partial charge in [0.05, 0.1) is 6.20 Å². The van der Waals surface area contributed by atoms with E-state index in [0.717, 1.165) is 34.6 Å². The van der Waals surface area contributed by atoms with Gasteiger partial charge in [-0.25, -0.2) is 0 Å². The Bertz CT molecular complexity index is 804. The number of hydrogen-bond acceptors (Lipinski definition) is 4. The predicted octanol–water partition coefficient (Wildman–Crippen LogP) is 4.94. The molecule has 0 aliphatic heterocycles. The van der Waals surface area contributed by atoms with Gasteiger partial charge in [0.2, 0.25) is 0 Å². The molecule has 0 saturated carbocycles. The Balaban J connectivity index is 0.00000136. The summed E-state index contributed by atoms with van der Waals surface area (Å²) in [5.41, 5.74) is 9.58. The van der Waals surface area contributed by atoms with Crippen molar-refractivity contribution in [2.24, 2.45) is 5.73 Å². The van der Waals surface area contributed by atoms with Gasteiger partial charge in [-0.1, -0.05) is 56.3 Å². The number of nitrogens with zero attached hydrogens (tertiary/aromatic N) is 1. The molecular formula is C24H30N2O2. The second kappa shape index (κ2) is 11.8. The third kappa shape index (κ3) is 7.41. The van der Waals surface area contributed by atoms with E-state index in [1.165, 1.54) is 0 Å². The summed E-state index contributed by atoms with van der Waals surface area (Å²) in [5, 5.41) is 0. The summed E-state index contributed by atoms with van der Waals surface area (Å²) >= 11 is 0. The first-order valence-electron chi connectivity index (χ1n) is 9.75. The summed E-state index contributed by atoms with van der Waals surface area (Å²) in [6.07, 6.45) is 4.25. The maximum atomic E-state index is 6.19. The zero-order valence-corrected chi connectivity index (χ0v) is 17.0. The molecule has 3 aromatic rings. The molecule has 0 amide bonds. The average Bonchev–Trinajstić information content (AvgIpc) is 2.74. The molecule has 0 aliphatic rings. The average molecular weight is 379 g/mol. The Hall–Kier alpha value is -2.85. The zero-order valence-electron chi connectivity index (χ0n) is 17.0. The second-order valence-electron chi connectivity index (χ2n) is 6.39. The minimum atomic E-state index is -0.0772. The molecule has 0 bridgehead atoms. The molecule has 28 heavy (non-hydrogen) atoms. The molecule has 0 spiro atoms. The molecular weight excluding hydrogens is 348 g/mol. The summed E-state index contributed by atoms with van der Waals surface area (Å²) in [4.78, 5) is 4.12. The summed E-state index contributed by atoms with van der Waals surface area (Å²) in [6, 6.07) is 20.1. The van der Waals surface area contributed by atoms with Crippen molar-refractivity contribution in [3.8, 4) is 11.5 Å². The number of benzene rings is 2. The molecule has 0 radical (unpaired) electrons. The van der Waals surface area contributed by atoms with Gasteiger partial charge in [0.15, 0.2) is 0 Å². The monoisotopic (exact) mass is 378 g/mol. The van der Waals surface area contributed by atoms with Gasteiger partial charge in [-0.15, -0.1) is 0 Å². The van der Waals surface area contributed by atoms with E-state index in [-0.39, 0.29) is 6.04 Å². The van der Waals surface area contributed by atoms with Gasteiger partial charge in [0.1, 0.15) is 24.7 Å². The molecule has 1 heterocycles. The quantitative estimate of drug-likeness (QED) is 0.603. The van der Waals surface area contributed by atoms with Gasteiger partial charge in [-0.05, 0) is 48.2 Å². The lowest BCUT2D eigenvalue weighted by Gasteiger charge is -2.14. The Morgan fingerprint density at radius 1 is 0.857 bits per heavy atom. The maximum absolute atomic E-state index is 6.19. The smallest absolute Gasteiger partial charge is 0.137 e. The number of rotatable bonds is 8. The standard InChI is InChI=1S/C22H24N2O2.C2H6/c1-17-11-22(14-24-13-17)26-16-20(23)12-18-7-9-21(10-8-18)25-15-19-5-3-2-4-6-19;1-2/h2-11,13-14,20H,12,15-16,23H2,1H3;1-2H3. The number of nitrogens with two attached hydrogens (primary N) is 1. The minimum Gasteiger partial charge on any atom is -0.490 e. The van der Waals surface area contributed by atoms with Crippen molar-refractivity contribution in [2.45, 2.75) is 39.8 Å². The van der Waals surface area contributed by atoms with E-state index in [0.29, 0.717) is 13.2 Å². The van der Waals surface area contributed by atoms with E-state index in [4.69, 9.17) is 15.2 Å². The van der Waals surface area contributed by atoms with Crippen molar-refractivity contribution < 1.29 is 9.47 Å². The fraction of sp³-hybridized carbons (Fsp3) is 0.292. The van der Waals surface area contributed by atoms with Crippen LogP contribution in [0.25, 0.3) is 0 Å². The molecule has 1 unspecified atom stereocenters. The number of aryl methyl sites for hydroxylation is 1. The molecule has 2 aromatic carbocycles. The van der Waals surface area contributed by atoms with Gasteiger partial charge < -0.3 is 15.2 Å². The van der Waals surface area contributed by atoms with Crippen LogP contribution < -0.4 is 15.2 Å². The fourth-order valence-electron chi connectivity index (χ4n) is 2.63. The van der Waals surface area contributed by atoms with E-state index >= 15 is 0 Å².